The monoisotopic (exact) mass is 1580 g/mol. The molecule has 0 spiro atoms. The predicted octanol–water partition coefficient (Wildman–Crippen LogP) is 2.73. The summed E-state index contributed by atoms with van der Waals surface area (Å²) in [6, 6.07) is 33.8. The molecule has 0 fully saturated rings. The van der Waals surface area contributed by atoms with E-state index < -0.39 is 50.0 Å². The Labute approximate surface area is 615 Å². The molecule has 100 heavy (non-hydrogen) atoms. The Hall–Kier alpha value is -8.15. The van der Waals surface area contributed by atoms with Crippen LogP contribution >= 0.6 is 0 Å². The number of halogens is 3. The second-order valence-corrected chi connectivity index (χ2v) is 28.5. The number of pyridine rings is 3. The minimum absolute atomic E-state index is 0. The molecule has 0 radical (unpaired) electrons. The number of non-ortho nitro benzene ring substituents is 1. The fraction of sp³-hybridized carbons (Fsp3) is 0.319. The third kappa shape index (κ3) is 23.7. The lowest BCUT2D eigenvalue weighted by atomic mass is 10.1. The number of aromatic nitrogens is 3. The van der Waals surface area contributed by atoms with Gasteiger partial charge in [-0.3, -0.25) is 29.8 Å². The normalized spacial score (nSPS) is 14.3. The molecule has 540 valence electrons. The van der Waals surface area contributed by atoms with Crippen LogP contribution in [0, 0.1) is 32.1 Å². The molecule has 1 N–H and O–H groups in total. The Bertz CT molecular complexity index is 4300. The first-order valence-corrected chi connectivity index (χ1v) is 36.3. The number of fused-ring (bicyclic) bond motifs is 3. The van der Waals surface area contributed by atoms with E-state index in [2.05, 4.69) is 137 Å². The number of rotatable bonds is 19. The SMILES string of the molecule is CC(C)C[n+]1ccc(-c2cc[n+](CC(C)C)cc2)cc1.CCN(CC)CC.CCN(CC)CC.COC(C=CC1=C(O)c2ccccc2S1(=O)=O)=CC=C1C(=O)c2ccccc2S1(=O)=O.COc1cc[n+](-c2ccc([N+](=O)[O-])cc2[N+](=O)[O-])cc1.O=C1CS(=O)(=O)c2ccccc21.[Br-].[Br-].[Cl-]. The number of hydrogen-bond donors (Lipinski definition) is 1. The molecule has 3 aliphatic rings. The van der Waals surface area contributed by atoms with E-state index in [4.69, 9.17) is 9.47 Å². The van der Waals surface area contributed by atoms with E-state index in [1.54, 1.807) is 60.9 Å². The summed E-state index contributed by atoms with van der Waals surface area (Å²) in [5.41, 5.74) is 2.77. The number of nitro groups is 2. The Morgan fingerprint density at radius 2 is 1.03 bits per heavy atom. The van der Waals surface area contributed by atoms with E-state index in [0.717, 1.165) is 31.3 Å². The topological polar surface area (TPSA) is 280 Å². The number of carbonyl (C=O) groups excluding carboxylic acids is 2. The molecule has 0 saturated carbocycles. The first kappa shape index (κ1) is 87.9. The number of methoxy groups -OCH3 is 2. The summed E-state index contributed by atoms with van der Waals surface area (Å²) in [6.45, 7) is 31.4. The Morgan fingerprint density at radius 1 is 0.590 bits per heavy atom. The Kier molecular flexibility index (Phi) is 36.5. The average Bonchev–Trinajstić information content (AvgIpc) is 1.60. The van der Waals surface area contributed by atoms with Gasteiger partial charge in [-0.05, 0) is 105 Å². The van der Waals surface area contributed by atoms with Gasteiger partial charge >= 0.3 is 5.69 Å². The van der Waals surface area contributed by atoms with Gasteiger partial charge in [-0.2, -0.15) is 4.57 Å². The van der Waals surface area contributed by atoms with Gasteiger partial charge < -0.3 is 70.8 Å². The Morgan fingerprint density at radius 3 is 1.42 bits per heavy atom. The number of aliphatic hydroxyl groups is 1. The molecule has 0 atom stereocenters. The molecule has 0 bridgehead atoms. The van der Waals surface area contributed by atoms with E-state index in [0.29, 0.717) is 23.1 Å². The number of carbonyl (C=O) groups is 2. The maximum absolute atomic E-state index is 12.7. The zero-order chi connectivity index (χ0) is 71.8. The van der Waals surface area contributed by atoms with E-state index in [-0.39, 0.29) is 117 Å². The van der Waals surface area contributed by atoms with Crippen LogP contribution < -0.4 is 64.8 Å². The number of Topliss-reactive ketones (excluding diaryl/α,β-unsaturated/α-hetero) is 2. The van der Waals surface area contributed by atoms with Gasteiger partial charge in [-0.1, -0.05) is 112 Å². The highest BCUT2D eigenvalue weighted by Gasteiger charge is 2.39. The van der Waals surface area contributed by atoms with Crippen LogP contribution in [0.5, 0.6) is 5.75 Å². The van der Waals surface area contributed by atoms with Crippen molar-refractivity contribution in [1.29, 1.82) is 0 Å². The molecule has 10 rings (SSSR count). The van der Waals surface area contributed by atoms with Crippen molar-refractivity contribution in [3.05, 3.63) is 241 Å². The predicted molar refractivity (Wildman–Crippen MR) is 373 cm³/mol. The van der Waals surface area contributed by atoms with Crippen molar-refractivity contribution < 1.29 is 119 Å². The highest BCUT2D eigenvalue weighted by molar-refractivity contribution is 7.97. The van der Waals surface area contributed by atoms with Gasteiger partial charge in [0.1, 0.15) is 38.9 Å². The van der Waals surface area contributed by atoms with Crippen molar-refractivity contribution in [3.63, 3.8) is 0 Å². The highest BCUT2D eigenvalue weighted by atomic mass is 79.9. The van der Waals surface area contributed by atoms with E-state index in [1.807, 2.05) is 0 Å². The molecule has 0 amide bonds. The minimum Gasteiger partial charge on any atom is -1.00 e. The second kappa shape index (κ2) is 41.6. The lowest BCUT2D eigenvalue weighted by Crippen LogP contribution is -3.00. The average molecular weight is 1580 g/mol. The number of ether oxygens (including phenoxy) is 2. The molecule has 3 aliphatic heterocycles. The lowest BCUT2D eigenvalue weighted by Gasteiger charge is -2.13. The van der Waals surface area contributed by atoms with Gasteiger partial charge in [0.05, 0.1) is 38.8 Å². The molecule has 22 nitrogen and oxygen atoms in total. The standard InChI is InChI=1S/C22H16O7S2.C18H26N2.C12H10N3O5.C8H6O3S.2C6H15N.2BrH.ClH/c1-29-14(10-12-19-21(23)15-6-2-4-8-17(15)30(19,25)26)11-13-20-22(24)16-7-3-5-9-18(16)31(20,27)28;1-15(2)13-19-9-5-17(6-10-19)18-7-11-20(12-8-18)14-16(3)4;1-20-10-4-6-13(7-5-10)11-3-2-9(14(16)17)8-12(11)15(18)19;9-7-5-12(10,11)8-4-2-1-3-6(7)8;2*1-4-7(5-2)6-3;;;/h2-13,23H,1H3;5-12,15-16H,13-14H2,1-4H3;2-8H,1H3;1-4H,5H2;2*4-6H2,1-3H3;3*1H/q;+2;+1;;;;;;/p-3. The number of nitrogens with zero attached hydrogens (tertiary/aromatic N) is 7. The summed E-state index contributed by atoms with van der Waals surface area (Å²) in [5, 5.41) is 32.0. The van der Waals surface area contributed by atoms with Gasteiger partial charge in [0, 0.05) is 77.1 Å². The summed E-state index contributed by atoms with van der Waals surface area (Å²) >= 11 is 0. The van der Waals surface area contributed by atoms with E-state index in [1.165, 1.54) is 130 Å². The summed E-state index contributed by atoms with van der Waals surface area (Å²) in [6.07, 6.45) is 16.6. The van der Waals surface area contributed by atoms with Gasteiger partial charge in [-0.25, -0.2) is 34.4 Å². The fourth-order valence-corrected chi connectivity index (χ4v) is 14.7. The third-order valence-electron chi connectivity index (χ3n) is 15.4. The van der Waals surface area contributed by atoms with Crippen LogP contribution in [0.1, 0.15) is 95.5 Å². The molecule has 0 aliphatic carbocycles. The van der Waals surface area contributed by atoms with Crippen LogP contribution in [0.2, 0.25) is 0 Å². The molecule has 0 saturated heterocycles. The molecule has 28 heteroatoms. The summed E-state index contributed by atoms with van der Waals surface area (Å²) < 4.78 is 89.2. The van der Waals surface area contributed by atoms with Crippen molar-refractivity contribution in [2.24, 2.45) is 11.8 Å². The van der Waals surface area contributed by atoms with Crippen molar-refractivity contribution in [3.8, 4) is 22.6 Å². The first-order valence-electron chi connectivity index (χ1n) is 31.6. The van der Waals surface area contributed by atoms with Crippen LogP contribution in [0.25, 0.3) is 22.6 Å². The molecular weight excluding hydrogens is 1490 g/mol. The fourth-order valence-electron chi connectivity index (χ4n) is 10.1. The van der Waals surface area contributed by atoms with Gasteiger partial charge in [0.2, 0.25) is 25.5 Å². The molecule has 0 unspecified atom stereocenters. The number of aliphatic hydroxyl groups excluding tert-OH is 1. The van der Waals surface area contributed by atoms with Crippen molar-refractivity contribution in [1.82, 2.24) is 9.80 Å². The molecule has 4 aromatic carbocycles. The second-order valence-electron chi connectivity index (χ2n) is 22.8. The molecule has 6 heterocycles. The summed E-state index contributed by atoms with van der Waals surface area (Å²) in [5.74, 6) is 0.362. The maximum Gasteiger partial charge on any atom is 0.347 e. The first-order chi connectivity index (χ1) is 46.1. The number of nitro benzene ring substituents is 2. The number of sulfone groups is 3. The smallest absolute Gasteiger partial charge is 0.347 e. The molecular formula is C72H88Br2ClN7O15S3. The van der Waals surface area contributed by atoms with Crippen LogP contribution in [0.15, 0.2) is 219 Å². The van der Waals surface area contributed by atoms with Gasteiger partial charge in [0.15, 0.2) is 65.9 Å². The zero-order valence-corrected chi connectivity index (χ0v) is 64.4. The lowest BCUT2D eigenvalue weighted by molar-refractivity contribution is -0.702. The molecule has 7 aromatic rings. The highest BCUT2D eigenvalue weighted by Crippen LogP contribution is 2.39. The number of hydrogen-bond acceptors (Lipinski definition) is 17. The Balaban J connectivity index is 0.000000436. The van der Waals surface area contributed by atoms with Crippen LogP contribution in [0.4, 0.5) is 11.4 Å². The van der Waals surface area contributed by atoms with Gasteiger partial charge in [-0.15, -0.1) is 0 Å². The van der Waals surface area contributed by atoms with Crippen molar-refractivity contribution in [2.75, 3.05) is 59.2 Å². The third-order valence-corrected chi connectivity index (χ3v) is 20.7. The number of allylic oxidation sites excluding steroid dienone is 5. The van der Waals surface area contributed by atoms with E-state index in [9.17, 15) is 60.2 Å². The largest absolute Gasteiger partial charge is 1.00 e. The van der Waals surface area contributed by atoms with Crippen molar-refractivity contribution in [2.45, 2.75) is 97.0 Å². The van der Waals surface area contributed by atoms with Crippen molar-refractivity contribution >= 4 is 58.2 Å². The maximum atomic E-state index is 12.7. The number of benzene rings is 4. The molecule has 3 aromatic heterocycles. The minimum atomic E-state index is -3.95. The number of ketones is 2. The van der Waals surface area contributed by atoms with E-state index >= 15 is 0 Å². The quantitative estimate of drug-likeness (QED) is 0.0304. The van der Waals surface area contributed by atoms with Crippen LogP contribution in [-0.2, 0) is 47.3 Å². The van der Waals surface area contributed by atoms with Gasteiger partial charge in [0.25, 0.3) is 11.4 Å². The van der Waals surface area contributed by atoms with Crippen LogP contribution in [-0.4, -0.2) is 121 Å². The van der Waals surface area contributed by atoms with Crippen LogP contribution in [0.3, 0.4) is 0 Å². The zero-order valence-electron chi connectivity index (χ0n) is 58.1. The summed E-state index contributed by atoms with van der Waals surface area (Å²) in [7, 11) is -8.34. The summed E-state index contributed by atoms with van der Waals surface area (Å²) in [4.78, 5) is 48.1.